The van der Waals surface area contributed by atoms with Crippen LogP contribution in [0.4, 0.5) is 0 Å². The number of carbonyl (C=O) groups excluding carboxylic acids is 1. The van der Waals surface area contributed by atoms with Crippen LogP contribution in [0.1, 0.15) is 28.4 Å². The molecule has 4 heterocycles. The van der Waals surface area contributed by atoms with Crippen molar-refractivity contribution >= 4 is 5.91 Å². The Kier molecular flexibility index (Phi) is 4.62. The molecule has 1 saturated heterocycles. The van der Waals surface area contributed by atoms with Gasteiger partial charge in [-0.25, -0.2) is 0 Å². The fraction of sp³-hybridized carbons (Fsp3) is 0.292. The molecule has 0 saturated carbocycles. The molecule has 0 unspecified atom stereocenters. The van der Waals surface area contributed by atoms with E-state index >= 15 is 0 Å². The van der Waals surface area contributed by atoms with Crippen LogP contribution in [0.2, 0.25) is 0 Å². The lowest BCUT2D eigenvalue weighted by Crippen LogP contribution is -2.49. The van der Waals surface area contributed by atoms with Gasteiger partial charge in [-0.2, -0.15) is 0 Å². The van der Waals surface area contributed by atoms with Crippen molar-refractivity contribution in [1.82, 2.24) is 14.5 Å². The number of pyridine rings is 2. The van der Waals surface area contributed by atoms with E-state index in [0.717, 1.165) is 23.4 Å². The average molecular weight is 401 g/mol. The van der Waals surface area contributed by atoms with Gasteiger partial charge in [-0.1, -0.05) is 12.1 Å². The first-order chi connectivity index (χ1) is 14.6. The van der Waals surface area contributed by atoms with E-state index in [9.17, 15) is 9.59 Å². The van der Waals surface area contributed by atoms with Crippen LogP contribution >= 0.6 is 0 Å². The highest BCUT2D eigenvalue weighted by molar-refractivity contribution is 5.94. The number of hydrogen-bond donors (Lipinski definition) is 0. The van der Waals surface area contributed by atoms with E-state index in [0.29, 0.717) is 30.8 Å². The first-order valence-corrected chi connectivity index (χ1v) is 10.2. The maximum absolute atomic E-state index is 13.3. The Labute approximate surface area is 174 Å². The second kappa shape index (κ2) is 7.44. The fourth-order valence-corrected chi connectivity index (χ4v) is 4.78. The summed E-state index contributed by atoms with van der Waals surface area (Å²) in [5, 5.41) is 0. The average Bonchev–Trinajstić information content (AvgIpc) is 2.80. The van der Waals surface area contributed by atoms with Crippen molar-refractivity contribution in [2.75, 3.05) is 20.2 Å². The summed E-state index contributed by atoms with van der Waals surface area (Å²) in [6, 6.07) is 15.1. The fourth-order valence-electron chi connectivity index (χ4n) is 4.78. The number of nitrogens with zero attached hydrogens (tertiary/aromatic N) is 3. The van der Waals surface area contributed by atoms with Crippen LogP contribution in [0.3, 0.4) is 0 Å². The Balaban J connectivity index is 1.45. The van der Waals surface area contributed by atoms with Crippen LogP contribution in [0.25, 0.3) is 11.1 Å². The smallest absolute Gasteiger partial charge is 0.258 e. The van der Waals surface area contributed by atoms with Gasteiger partial charge < -0.3 is 14.2 Å². The largest absolute Gasteiger partial charge is 0.497 e. The Morgan fingerprint density at radius 2 is 1.77 bits per heavy atom. The number of hydrogen-bond acceptors (Lipinski definition) is 4. The molecule has 152 valence electrons. The highest BCUT2D eigenvalue weighted by atomic mass is 16.5. The summed E-state index contributed by atoms with van der Waals surface area (Å²) in [7, 11) is 1.63. The standard InChI is InChI=1S/C24H23N3O3/c1-30-20-4-2-17(3-5-20)21-6-7-22-19-12-16(14-27(22)24(21)29)13-26(15-19)23(28)18-8-10-25-11-9-18/h2-11,16,19H,12-15H2,1H3/t16-,19+/m0/s1. The predicted molar refractivity (Wildman–Crippen MR) is 114 cm³/mol. The normalized spacial score (nSPS) is 19.8. The monoisotopic (exact) mass is 401 g/mol. The van der Waals surface area contributed by atoms with E-state index in [4.69, 9.17) is 4.74 Å². The molecule has 2 aliphatic heterocycles. The summed E-state index contributed by atoms with van der Waals surface area (Å²) < 4.78 is 7.14. The molecule has 0 radical (unpaired) electrons. The molecule has 2 bridgehead atoms. The van der Waals surface area contributed by atoms with Gasteiger partial charge in [0.25, 0.3) is 11.5 Å². The predicted octanol–water partition coefficient (Wildman–Crippen LogP) is 3.18. The molecule has 1 fully saturated rings. The zero-order chi connectivity index (χ0) is 20.7. The van der Waals surface area contributed by atoms with Gasteiger partial charge in [0, 0.05) is 54.8 Å². The van der Waals surface area contributed by atoms with E-state index in [-0.39, 0.29) is 23.3 Å². The SMILES string of the molecule is COc1ccc(-c2ccc3n(c2=O)C[C@H]2C[C@@H]3CN(C(=O)c3ccncc3)C2)cc1. The summed E-state index contributed by atoms with van der Waals surface area (Å²) >= 11 is 0. The molecule has 0 aliphatic carbocycles. The third kappa shape index (κ3) is 3.18. The number of aromatic nitrogens is 2. The molecule has 30 heavy (non-hydrogen) atoms. The molecular formula is C24H23N3O3. The van der Waals surface area contributed by atoms with E-state index in [1.54, 1.807) is 31.6 Å². The van der Waals surface area contributed by atoms with Crippen molar-refractivity contribution in [1.29, 1.82) is 0 Å². The minimum atomic E-state index is 0.0396. The first kappa shape index (κ1) is 18.6. The molecule has 6 heteroatoms. The minimum Gasteiger partial charge on any atom is -0.497 e. The molecule has 1 amide bonds. The van der Waals surface area contributed by atoms with Crippen LogP contribution in [0.5, 0.6) is 5.75 Å². The number of piperidine rings is 1. The van der Waals surface area contributed by atoms with Gasteiger partial charge in [-0.3, -0.25) is 14.6 Å². The number of carbonyl (C=O) groups is 1. The molecule has 0 spiro atoms. The number of benzene rings is 1. The van der Waals surface area contributed by atoms with Gasteiger partial charge in [0.15, 0.2) is 0 Å². The number of fused-ring (bicyclic) bond motifs is 4. The first-order valence-electron chi connectivity index (χ1n) is 10.2. The molecule has 3 aromatic rings. The molecule has 1 aromatic carbocycles. The number of rotatable bonds is 3. The van der Waals surface area contributed by atoms with Crippen molar-refractivity contribution in [2.45, 2.75) is 18.9 Å². The van der Waals surface area contributed by atoms with Crippen LogP contribution < -0.4 is 10.3 Å². The lowest BCUT2D eigenvalue weighted by molar-refractivity contribution is 0.0594. The van der Waals surface area contributed by atoms with E-state index in [1.165, 1.54) is 0 Å². The van der Waals surface area contributed by atoms with Crippen LogP contribution in [0, 0.1) is 5.92 Å². The summed E-state index contributed by atoms with van der Waals surface area (Å²) in [5.41, 5.74) is 3.33. The molecule has 2 aliphatic rings. The van der Waals surface area contributed by atoms with Crippen molar-refractivity contribution in [2.24, 2.45) is 5.92 Å². The summed E-state index contributed by atoms with van der Waals surface area (Å²) in [6.45, 7) is 1.96. The van der Waals surface area contributed by atoms with Crippen molar-refractivity contribution < 1.29 is 9.53 Å². The van der Waals surface area contributed by atoms with Crippen molar-refractivity contribution in [3.63, 3.8) is 0 Å². The third-order valence-corrected chi connectivity index (χ3v) is 6.22. The van der Waals surface area contributed by atoms with Crippen LogP contribution in [-0.2, 0) is 6.54 Å². The van der Waals surface area contributed by atoms with Gasteiger partial charge in [0.2, 0.25) is 0 Å². The number of methoxy groups -OCH3 is 1. The second-order valence-electron chi connectivity index (χ2n) is 8.06. The molecule has 6 nitrogen and oxygen atoms in total. The third-order valence-electron chi connectivity index (χ3n) is 6.22. The quantitative estimate of drug-likeness (QED) is 0.676. The second-order valence-corrected chi connectivity index (χ2v) is 8.06. The summed E-state index contributed by atoms with van der Waals surface area (Å²) in [5.74, 6) is 1.27. The summed E-state index contributed by atoms with van der Waals surface area (Å²) in [6.07, 6.45) is 4.31. The number of ether oxygens (including phenoxy) is 1. The molecule has 5 rings (SSSR count). The van der Waals surface area contributed by atoms with Crippen LogP contribution in [-0.4, -0.2) is 40.6 Å². The van der Waals surface area contributed by atoms with Crippen molar-refractivity contribution in [3.8, 4) is 16.9 Å². The van der Waals surface area contributed by atoms with Crippen molar-refractivity contribution in [3.05, 3.63) is 82.5 Å². The summed E-state index contributed by atoms with van der Waals surface area (Å²) in [4.78, 5) is 32.1. The minimum absolute atomic E-state index is 0.0396. The number of amides is 1. The molecule has 2 aromatic heterocycles. The Bertz CT molecular complexity index is 1140. The maximum Gasteiger partial charge on any atom is 0.258 e. The van der Waals surface area contributed by atoms with Gasteiger partial charge in [0.1, 0.15) is 5.75 Å². The van der Waals surface area contributed by atoms with Gasteiger partial charge in [0.05, 0.1) is 7.11 Å². The number of likely N-dealkylation sites (tertiary alicyclic amines) is 1. The molecular weight excluding hydrogens is 378 g/mol. The van der Waals surface area contributed by atoms with E-state index in [1.807, 2.05) is 39.8 Å². The zero-order valence-electron chi connectivity index (χ0n) is 16.8. The maximum atomic E-state index is 13.3. The van der Waals surface area contributed by atoms with Gasteiger partial charge in [-0.15, -0.1) is 0 Å². The zero-order valence-corrected chi connectivity index (χ0v) is 16.8. The highest BCUT2D eigenvalue weighted by Crippen LogP contribution is 2.36. The lowest BCUT2D eigenvalue weighted by atomic mass is 9.82. The van der Waals surface area contributed by atoms with E-state index < -0.39 is 0 Å². The topological polar surface area (TPSA) is 64.4 Å². The van der Waals surface area contributed by atoms with Crippen LogP contribution in [0.15, 0.2) is 65.7 Å². The molecule has 2 atom stereocenters. The molecule has 0 N–H and O–H groups in total. The highest BCUT2D eigenvalue weighted by Gasteiger charge is 2.36. The van der Waals surface area contributed by atoms with Gasteiger partial charge >= 0.3 is 0 Å². The van der Waals surface area contributed by atoms with E-state index in [2.05, 4.69) is 11.1 Å². The Morgan fingerprint density at radius 1 is 1.00 bits per heavy atom. The lowest BCUT2D eigenvalue weighted by Gasteiger charge is -2.43. The Morgan fingerprint density at radius 3 is 2.50 bits per heavy atom. The van der Waals surface area contributed by atoms with Gasteiger partial charge in [-0.05, 0) is 54.3 Å². The Hall–Kier alpha value is -3.41.